The van der Waals surface area contributed by atoms with Gasteiger partial charge in [-0.15, -0.1) is 0 Å². The Morgan fingerprint density at radius 3 is 2.35 bits per heavy atom. The number of benzene rings is 2. The number of H-pyrrole nitrogens is 1. The third kappa shape index (κ3) is 2.68. The predicted octanol–water partition coefficient (Wildman–Crippen LogP) is 3.82. The number of halogens is 3. The first-order chi connectivity index (χ1) is 10.9. The van der Waals surface area contributed by atoms with Gasteiger partial charge in [0, 0.05) is 22.0 Å². The molecule has 0 saturated heterocycles. The average molecular weight is 336 g/mol. The maximum absolute atomic E-state index is 13.4. The number of aromatic carboxylic acids is 1. The normalized spacial score (nSPS) is 10.9. The van der Waals surface area contributed by atoms with E-state index in [1.54, 1.807) is 0 Å². The monoisotopic (exact) mass is 335 g/mol. The molecular formula is C16H8ClF2NO3. The van der Waals surface area contributed by atoms with Gasteiger partial charge in [-0.05, 0) is 30.3 Å². The van der Waals surface area contributed by atoms with Crippen molar-refractivity contribution in [1.29, 1.82) is 0 Å². The summed E-state index contributed by atoms with van der Waals surface area (Å²) in [6.07, 6.45) is 0. The Labute approximate surface area is 133 Å². The first-order valence-corrected chi connectivity index (χ1v) is 6.80. The highest BCUT2D eigenvalue weighted by Crippen LogP contribution is 2.25. The van der Waals surface area contributed by atoms with Crippen molar-refractivity contribution in [2.24, 2.45) is 0 Å². The summed E-state index contributed by atoms with van der Waals surface area (Å²) in [5.41, 5.74) is -1.35. The molecule has 0 amide bonds. The smallest absolute Gasteiger partial charge is 0.341 e. The molecule has 7 heteroatoms. The number of pyridine rings is 1. The summed E-state index contributed by atoms with van der Waals surface area (Å²) in [6, 6.07) is 6.81. The van der Waals surface area contributed by atoms with E-state index in [-0.39, 0.29) is 22.2 Å². The molecule has 0 bridgehead atoms. The fourth-order valence-electron chi connectivity index (χ4n) is 2.38. The van der Waals surface area contributed by atoms with Crippen molar-refractivity contribution in [3.63, 3.8) is 0 Å². The maximum Gasteiger partial charge on any atom is 0.341 e. The van der Waals surface area contributed by atoms with Crippen molar-refractivity contribution in [3.05, 3.63) is 68.8 Å². The molecule has 2 aromatic carbocycles. The van der Waals surface area contributed by atoms with Gasteiger partial charge in [-0.1, -0.05) is 11.6 Å². The first-order valence-electron chi connectivity index (χ1n) is 6.42. The molecular weight excluding hydrogens is 328 g/mol. The first kappa shape index (κ1) is 15.2. The standard InChI is InChI=1S/C16H8ClF2NO3/c17-8-1-2-11-12(5-8)20-14(13(15(11)21)16(22)23)7-3-9(18)6-10(19)4-7/h1-6H,(H,20,21)(H,22,23). The molecule has 0 radical (unpaired) electrons. The zero-order valence-corrected chi connectivity index (χ0v) is 12.1. The predicted molar refractivity (Wildman–Crippen MR) is 81.9 cm³/mol. The van der Waals surface area contributed by atoms with Crippen molar-refractivity contribution >= 4 is 28.5 Å². The van der Waals surface area contributed by atoms with Gasteiger partial charge in [0.25, 0.3) is 0 Å². The molecule has 0 aliphatic rings. The average Bonchev–Trinajstić information content (AvgIpc) is 2.45. The third-order valence-electron chi connectivity index (χ3n) is 3.33. The minimum atomic E-state index is -1.50. The van der Waals surface area contributed by atoms with E-state index in [0.29, 0.717) is 11.1 Å². The van der Waals surface area contributed by atoms with Gasteiger partial charge >= 0.3 is 5.97 Å². The zero-order chi connectivity index (χ0) is 16.7. The summed E-state index contributed by atoms with van der Waals surface area (Å²) >= 11 is 5.86. The fourth-order valence-corrected chi connectivity index (χ4v) is 2.55. The number of aromatic amines is 1. The van der Waals surface area contributed by atoms with Crippen LogP contribution in [0.1, 0.15) is 10.4 Å². The van der Waals surface area contributed by atoms with Crippen LogP contribution < -0.4 is 5.43 Å². The van der Waals surface area contributed by atoms with Crippen molar-refractivity contribution < 1.29 is 18.7 Å². The molecule has 1 heterocycles. The highest BCUT2D eigenvalue weighted by atomic mass is 35.5. The zero-order valence-electron chi connectivity index (χ0n) is 11.4. The Kier molecular flexibility index (Phi) is 3.61. The van der Waals surface area contributed by atoms with Crippen molar-refractivity contribution in [3.8, 4) is 11.3 Å². The molecule has 3 aromatic rings. The van der Waals surface area contributed by atoms with Gasteiger partial charge in [0.15, 0.2) is 0 Å². The van der Waals surface area contributed by atoms with E-state index in [4.69, 9.17) is 11.6 Å². The number of aromatic nitrogens is 1. The summed E-state index contributed by atoms with van der Waals surface area (Å²) in [6.45, 7) is 0. The van der Waals surface area contributed by atoms with E-state index in [2.05, 4.69) is 4.98 Å². The molecule has 0 atom stereocenters. The lowest BCUT2D eigenvalue weighted by Gasteiger charge is -2.09. The van der Waals surface area contributed by atoms with Crippen LogP contribution in [-0.2, 0) is 0 Å². The van der Waals surface area contributed by atoms with Gasteiger partial charge in [-0.3, -0.25) is 4.79 Å². The van der Waals surface area contributed by atoms with Crippen molar-refractivity contribution in [1.82, 2.24) is 4.98 Å². The number of rotatable bonds is 2. The number of carboxylic acid groups (broad SMARTS) is 1. The second kappa shape index (κ2) is 5.48. The van der Waals surface area contributed by atoms with Gasteiger partial charge in [-0.25, -0.2) is 13.6 Å². The van der Waals surface area contributed by atoms with Crippen LogP contribution in [0.4, 0.5) is 8.78 Å². The lowest BCUT2D eigenvalue weighted by Crippen LogP contribution is -2.18. The number of hydrogen-bond acceptors (Lipinski definition) is 2. The minimum absolute atomic E-state index is 0.0844. The second-order valence-electron chi connectivity index (χ2n) is 4.86. The Hall–Kier alpha value is -2.73. The molecule has 0 aliphatic carbocycles. The lowest BCUT2D eigenvalue weighted by atomic mass is 10.0. The fraction of sp³-hybridized carbons (Fsp3) is 0. The van der Waals surface area contributed by atoms with E-state index < -0.39 is 28.6 Å². The number of carboxylic acids is 1. The van der Waals surface area contributed by atoms with E-state index in [0.717, 1.165) is 12.1 Å². The van der Waals surface area contributed by atoms with Crippen LogP contribution in [0, 0.1) is 11.6 Å². The molecule has 23 heavy (non-hydrogen) atoms. The number of nitrogens with one attached hydrogen (secondary N) is 1. The lowest BCUT2D eigenvalue weighted by molar-refractivity contribution is 0.0696. The highest BCUT2D eigenvalue weighted by molar-refractivity contribution is 6.31. The molecule has 0 fully saturated rings. The van der Waals surface area contributed by atoms with Crippen molar-refractivity contribution in [2.45, 2.75) is 0 Å². The SMILES string of the molecule is O=C(O)c1c(-c2cc(F)cc(F)c2)[nH]c2cc(Cl)ccc2c1=O. The van der Waals surface area contributed by atoms with Crippen LogP contribution in [0.2, 0.25) is 5.02 Å². The highest BCUT2D eigenvalue weighted by Gasteiger charge is 2.20. The molecule has 3 rings (SSSR count). The molecule has 4 nitrogen and oxygen atoms in total. The van der Waals surface area contributed by atoms with Crippen LogP contribution in [0.25, 0.3) is 22.2 Å². The minimum Gasteiger partial charge on any atom is -0.477 e. The van der Waals surface area contributed by atoms with E-state index >= 15 is 0 Å². The number of fused-ring (bicyclic) bond motifs is 1. The molecule has 0 saturated carbocycles. The van der Waals surface area contributed by atoms with Gasteiger partial charge in [0.1, 0.15) is 17.2 Å². The Balaban J connectivity index is 2.45. The summed E-state index contributed by atoms with van der Waals surface area (Å²) in [7, 11) is 0. The molecule has 116 valence electrons. The van der Waals surface area contributed by atoms with E-state index in [1.807, 2.05) is 0 Å². The molecule has 0 aliphatic heterocycles. The Morgan fingerprint density at radius 2 is 1.74 bits per heavy atom. The summed E-state index contributed by atoms with van der Waals surface area (Å²) in [5.74, 6) is -3.27. The van der Waals surface area contributed by atoms with Crippen LogP contribution in [0.5, 0.6) is 0 Å². The maximum atomic E-state index is 13.4. The van der Waals surface area contributed by atoms with E-state index in [1.165, 1.54) is 18.2 Å². The van der Waals surface area contributed by atoms with Crippen LogP contribution in [0.3, 0.4) is 0 Å². The topological polar surface area (TPSA) is 70.2 Å². The van der Waals surface area contributed by atoms with Crippen LogP contribution in [0.15, 0.2) is 41.2 Å². The number of hydrogen-bond donors (Lipinski definition) is 2. The summed E-state index contributed by atoms with van der Waals surface area (Å²) < 4.78 is 26.8. The number of carbonyl (C=O) groups is 1. The summed E-state index contributed by atoms with van der Waals surface area (Å²) in [5, 5.41) is 9.77. The van der Waals surface area contributed by atoms with Gasteiger partial charge in [0.2, 0.25) is 5.43 Å². The molecule has 0 unspecified atom stereocenters. The molecule has 1 aromatic heterocycles. The largest absolute Gasteiger partial charge is 0.477 e. The third-order valence-corrected chi connectivity index (χ3v) is 3.56. The van der Waals surface area contributed by atoms with Crippen LogP contribution in [-0.4, -0.2) is 16.1 Å². The summed E-state index contributed by atoms with van der Waals surface area (Å²) in [4.78, 5) is 26.6. The Bertz CT molecular complexity index is 994. The van der Waals surface area contributed by atoms with Gasteiger partial charge in [-0.2, -0.15) is 0 Å². The quantitative estimate of drug-likeness (QED) is 0.748. The molecule has 2 N–H and O–H groups in total. The second-order valence-corrected chi connectivity index (χ2v) is 5.29. The van der Waals surface area contributed by atoms with Gasteiger partial charge < -0.3 is 10.1 Å². The Morgan fingerprint density at radius 1 is 1.09 bits per heavy atom. The molecule has 0 spiro atoms. The van der Waals surface area contributed by atoms with Crippen LogP contribution >= 0.6 is 11.6 Å². The van der Waals surface area contributed by atoms with Crippen molar-refractivity contribution in [2.75, 3.05) is 0 Å². The van der Waals surface area contributed by atoms with E-state index in [9.17, 15) is 23.5 Å². The van der Waals surface area contributed by atoms with Gasteiger partial charge in [0.05, 0.1) is 11.2 Å².